The number of nitrogens with zero attached hydrogens (tertiary/aromatic N) is 1. The van der Waals surface area contributed by atoms with Crippen molar-refractivity contribution in [3.05, 3.63) is 46.2 Å². The zero-order valence-corrected chi connectivity index (χ0v) is 13.0. The molecule has 1 aromatic heterocycles. The lowest BCUT2D eigenvalue weighted by Crippen LogP contribution is -2.19. The van der Waals surface area contributed by atoms with Gasteiger partial charge in [0.05, 0.1) is 10.6 Å². The van der Waals surface area contributed by atoms with Crippen LogP contribution in [0.1, 0.15) is 35.0 Å². The number of carbonyl (C=O) groups excluding carboxylic acids is 1. The summed E-state index contributed by atoms with van der Waals surface area (Å²) in [6.45, 7) is 2.28. The van der Waals surface area contributed by atoms with Crippen molar-refractivity contribution in [2.75, 3.05) is 6.79 Å². The Balaban J connectivity index is 1.74. The lowest BCUT2D eigenvalue weighted by Gasteiger charge is -2.05. The summed E-state index contributed by atoms with van der Waals surface area (Å²) in [6.07, 6.45) is 1.79. The number of benzene rings is 1. The van der Waals surface area contributed by atoms with Gasteiger partial charge in [-0.15, -0.1) is 11.3 Å². The second kappa shape index (κ2) is 6.62. The molecular weight excluding hydrogens is 300 g/mol. The molecule has 0 atom stereocenters. The van der Waals surface area contributed by atoms with Crippen LogP contribution in [0.5, 0.6) is 11.5 Å². The van der Waals surface area contributed by atoms with Gasteiger partial charge < -0.3 is 9.47 Å². The van der Waals surface area contributed by atoms with Crippen LogP contribution in [0.2, 0.25) is 0 Å². The van der Waals surface area contributed by atoms with Gasteiger partial charge >= 0.3 is 0 Å². The molecule has 1 N–H and O–H groups in total. The molecule has 3 rings (SSSR count). The fraction of sp³-hybridized carbons (Fsp3) is 0.250. The van der Waals surface area contributed by atoms with E-state index in [-0.39, 0.29) is 12.7 Å². The van der Waals surface area contributed by atoms with Crippen molar-refractivity contribution in [1.82, 2.24) is 5.43 Å². The molecule has 1 amide bonds. The van der Waals surface area contributed by atoms with Crippen molar-refractivity contribution in [2.45, 2.75) is 19.8 Å². The minimum absolute atomic E-state index is 0.192. The highest BCUT2D eigenvalue weighted by molar-refractivity contribution is 7.12. The summed E-state index contributed by atoms with van der Waals surface area (Å²) in [6, 6.07) is 9.07. The van der Waals surface area contributed by atoms with Crippen molar-refractivity contribution in [1.29, 1.82) is 0 Å². The molecule has 0 unspecified atom stereocenters. The third-order valence-corrected chi connectivity index (χ3v) is 4.14. The van der Waals surface area contributed by atoms with Crippen molar-refractivity contribution >= 4 is 23.0 Å². The van der Waals surface area contributed by atoms with Crippen LogP contribution in [0.3, 0.4) is 0 Å². The molecule has 5 nitrogen and oxygen atoms in total. The maximum Gasteiger partial charge on any atom is 0.271 e. The Labute approximate surface area is 132 Å². The Bertz CT molecular complexity index is 695. The molecule has 0 radical (unpaired) electrons. The molecule has 114 valence electrons. The number of rotatable bonds is 5. The van der Waals surface area contributed by atoms with Gasteiger partial charge in [-0.2, -0.15) is 5.10 Å². The Morgan fingerprint density at radius 3 is 2.95 bits per heavy atom. The van der Waals surface area contributed by atoms with Gasteiger partial charge in [-0.1, -0.05) is 19.4 Å². The van der Waals surface area contributed by atoms with Crippen LogP contribution in [0.15, 0.2) is 40.8 Å². The van der Waals surface area contributed by atoms with Crippen LogP contribution in [-0.2, 0) is 0 Å². The molecule has 22 heavy (non-hydrogen) atoms. The normalized spacial score (nSPS) is 13.2. The van der Waals surface area contributed by atoms with Crippen LogP contribution in [0.25, 0.3) is 0 Å². The van der Waals surface area contributed by atoms with E-state index in [9.17, 15) is 4.79 Å². The zero-order valence-electron chi connectivity index (χ0n) is 12.2. The number of hydrogen-bond donors (Lipinski definition) is 1. The number of ether oxygens (including phenoxy) is 2. The highest BCUT2D eigenvalue weighted by Crippen LogP contribution is 2.32. The second-order valence-corrected chi connectivity index (χ2v) is 5.74. The highest BCUT2D eigenvalue weighted by Gasteiger charge is 2.16. The van der Waals surface area contributed by atoms with Gasteiger partial charge in [0.1, 0.15) is 0 Å². The lowest BCUT2D eigenvalue weighted by molar-refractivity contribution is 0.0954. The molecule has 1 aliphatic rings. The largest absolute Gasteiger partial charge is 0.454 e. The number of amides is 1. The van der Waals surface area contributed by atoms with Crippen LogP contribution in [0.4, 0.5) is 0 Å². The molecule has 2 heterocycles. The molecule has 0 fully saturated rings. The van der Waals surface area contributed by atoms with Crippen LogP contribution >= 0.6 is 11.3 Å². The van der Waals surface area contributed by atoms with Gasteiger partial charge in [-0.05, 0) is 36.1 Å². The van der Waals surface area contributed by atoms with Gasteiger partial charge in [0.2, 0.25) is 6.79 Å². The van der Waals surface area contributed by atoms with Gasteiger partial charge in [-0.3, -0.25) is 4.79 Å². The summed E-state index contributed by atoms with van der Waals surface area (Å²) in [5.74, 6) is 0.984. The van der Waals surface area contributed by atoms with Crippen LogP contribution < -0.4 is 14.9 Å². The molecule has 6 heteroatoms. The Kier molecular flexibility index (Phi) is 4.39. The van der Waals surface area contributed by atoms with E-state index in [4.69, 9.17) is 9.47 Å². The monoisotopic (exact) mass is 316 g/mol. The molecule has 0 aliphatic carbocycles. The van der Waals surface area contributed by atoms with E-state index in [1.807, 2.05) is 17.5 Å². The summed E-state index contributed by atoms with van der Waals surface area (Å²) in [7, 11) is 0. The number of carbonyl (C=O) groups is 1. The van der Waals surface area contributed by atoms with Gasteiger partial charge in [0.15, 0.2) is 11.5 Å². The highest BCUT2D eigenvalue weighted by atomic mass is 32.1. The van der Waals surface area contributed by atoms with E-state index < -0.39 is 0 Å². The number of fused-ring (bicyclic) bond motifs is 1. The average molecular weight is 316 g/mol. The maximum absolute atomic E-state index is 12.2. The van der Waals surface area contributed by atoms with Gasteiger partial charge in [0, 0.05) is 5.56 Å². The van der Waals surface area contributed by atoms with Crippen LogP contribution in [-0.4, -0.2) is 18.4 Å². The minimum atomic E-state index is -0.261. The maximum atomic E-state index is 12.2. The summed E-state index contributed by atoms with van der Waals surface area (Å²) < 4.78 is 10.5. The zero-order chi connectivity index (χ0) is 15.4. The summed E-state index contributed by atoms with van der Waals surface area (Å²) >= 11 is 1.62. The van der Waals surface area contributed by atoms with E-state index in [2.05, 4.69) is 17.5 Å². The second-order valence-electron chi connectivity index (χ2n) is 4.79. The van der Waals surface area contributed by atoms with E-state index in [1.54, 1.807) is 29.5 Å². The number of hydrogen-bond acceptors (Lipinski definition) is 5. The van der Waals surface area contributed by atoms with Crippen molar-refractivity contribution < 1.29 is 14.3 Å². The Morgan fingerprint density at radius 1 is 1.32 bits per heavy atom. The predicted molar refractivity (Wildman–Crippen MR) is 85.8 cm³/mol. The molecule has 0 spiro atoms. The third-order valence-electron chi connectivity index (χ3n) is 3.22. The standard InChI is InChI=1S/C16H16N2O3S/c1-2-4-12(15-5-3-8-22-15)17-18-16(19)11-6-7-13-14(9-11)21-10-20-13/h3,5-9H,2,4,10H2,1H3,(H,18,19)/b17-12+. The number of thiophene rings is 1. The topological polar surface area (TPSA) is 59.9 Å². The summed E-state index contributed by atoms with van der Waals surface area (Å²) in [5, 5.41) is 6.28. The summed E-state index contributed by atoms with van der Waals surface area (Å²) in [4.78, 5) is 13.3. The first-order valence-corrected chi connectivity index (χ1v) is 7.96. The van der Waals surface area contributed by atoms with E-state index >= 15 is 0 Å². The fourth-order valence-corrected chi connectivity index (χ4v) is 2.88. The smallest absolute Gasteiger partial charge is 0.271 e. The number of hydrazone groups is 1. The third kappa shape index (κ3) is 3.12. The molecule has 0 bridgehead atoms. The van der Waals surface area contributed by atoms with E-state index in [0.29, 0.717) is 17.1 Å². The van der Waals surface area contributed by atoms with Crippen LogP contribution in [0, 0.1) is 0 Å². The van der Waals surface area contributed by atoms with Gasteiger partial charge in [-0.25, -0.2) is 5.43 Å². The Morgan fingerprint density at radius 2 is 2.18 bits per heavy atom. The van der Waals surface area contributed by atoms with E-state index in [1.165, 1.54) is 0 Å². The Hall–Kier alpha value is -2.34. The van der Waals surface area contributed by atoms with E-state index in [0.717, 1.165) is 23.4 Å². The lowest BCUT2D eigenvalue weighted by atomic mass is 10.2. The first kappa shape index (κ1) is 14.6. The molecular formula is C16H16N2O3S. The average Bonchev–Trinajstić information content (AvgIpc) is 3.21. The molecule has 0 saturated carbocycles. The minimum Gasteiger partial charge on any atom is -0.454 e. The first-order chi connectivity index (χ1) is 10.8. The van der Waals surface area contributed by atoms with Crippen molar-refractivity contribution in [3.8, 4) is 11.5 Å². The molecule has 0 saturated heterocycles. The molecule has 2 aromatic rings. The first-order valence-electron chi connectivity index (χ1n) is 7.08. The SMILES string of the molecule is CCC/C(=N\NC(=O)c1ccc2c(c1)OCO2)c1cccs1. The van der Waals surface area contributed by atoms with Crippen molar-refractivity contribution in [3.63, 3.8) is 0 Å². The quantitative estimate of drug-likeness (QED) is 0.679. The molecule has 1 aliphatic heterocycles. The fourth-order valence-electron chi connectivity index (χ4n) is 2.13. The number of nitrogens with one attached hydrogen (secondary N) is 1. The summed E-state index contributed by atoms with van der Waals surface area (Å²) in [5.41, 5.74) is 4.01. The predicted octanol–water partition coefficient (Wildman–Crippen LogP) is 3.41. The molecule has 1 aromatic carbocycles. The van der Waals surface area contributed by atoms with Gasteiger partial charge in [0.25, 0.3) is 5.91 Å². The van der Waals surface area contributed by atoms with Crippen molar-refractivity contribution in [2.24, 2.45) is 5.10 Å².